The SMILES string of the molecule is COC(=O)Cc1nc(C(F)F)c(O)cc1OC(F)(F)F. The summed E-state index contributed by atoms with van der Waals surface area (Å²) in [5, 5.41) is 9.17. The van der Waals surface area contributed by atoms with Crippen molar-refractivity contribution in [3.05, 3.63) is 17.5 Å². The van der Waals surface area contributed by atoms with Crippen molar-refractivity contribution in [2.24, 2.45) is 0 Å². The number of methoxy groups -OCH3 is 1. The van der Waals surface area contributed by atoms with E-state index in [4.69, 9.17) is 5.11 Å². The van der Waals surface area contributed by atoms with E-state index in [1.54, 1.807) is 0 Å². The monoisotopic (exact) mass is 301 g/mol. The number of ether oxygens (including phenoxy) is 2. The van der Waals surface area contributed by atoms with E-state index in [0.717, 1.165) is 7.11 Å². The van der Waals surface area contributed by atoms with Gasteiger partial charge in [-0.3, -0.25) is 4.79 Å². The summed E-state index contributed by atoms with van der Waals surface area (Å²) in [4.78, 5) is 14.1. The van der Waals surface area contributed by atoms with Gasteiger partial charge in [0.2, 0.25) is 0 Å². The fourth-order valence-corrected chi connectivity index (χ4v) is 1.25. The molecule has 0 aliphatic heterocycles. The number of hydrogen-bond donors (Lipinski definition) is 1. The fourth-order valence-electron chi connectivity index (χ4n) is 1.25. The minimum atomic E-state index is -5.13. The van der Waals surface area contributed by atoms with Gasteiger partial charge in [-0.25, -0.2) is 13.8 Å². The number of pyridine rings is 1. The van der Waals surface area contributed by atoms with Gasteiger partial charge in [-0.2, -0.15) is 0 Å². The third-order valence-electron chi connectivity index (χ3n) is 2.04. The van der Waals surface area contributed by atoms with Crippen molar-refractivity contribution in [2.75, 3.05) is 7.11 Å². The highest BCUT2D eigenvalue weighted by Gasteiger charge is 2.34. The molecule has 0 bridgehead atoms. The van der Waals surface area contributed by atoms with E-state index in [9.17, 15) is 26.7 Å². The summed E-state index contributed by atoms with van der Waals surface area (Å²) in [5.41, 5.74) is -1.87. The van der Waals surface area contributed by atoms with Gasteiger partial charge in [-0.15, -0.1) is 13.2 Å². The molecule has 112 valence electrons. The predicted octanol–water partition coefficient (Wildman–Crippen LogP) is 2.34. The van der Waals surface area contributed by atoms with Crippen LogP contribution in [-0.2, 0) is 16.0 Å². The molecule has 5 nitrogen and oxygen atoms in total. The normalized spacial score (nSPS) is 11.6. The van der Waals surface area contributed by atoms with Crippen LogP contribution in [-0.4, -0.2) is 29.5 Å². The van der Waals surface area contributed by atoms with Crippen molar-refractivity contribution in [1.82, 2.24) is 4.98 Å². The molecule has 1 aromatic heterocycles. The first-order chi connectivity index (χ1) is 9.14. The second kappa shape index (κ2) is 5.88. The van der Waals surface area contributed by atoms with Crippen molar-refractivity contribution in [3.63, 3.8) is 0 Å². The molecule has 0 amide bonds. The standard InChI is InChI=1S/C10H8F5NO4/c1-19-7(18)2-4-6(20-10(13,14)15)3-5(17)8(16-4)9(11)12/h3,9,17H,2H2,1H3. The second-order valence-corrected chi connectivity index (χ2v) is 3.44. The van der Waals surface area contributed by atoms with E-state index in [-0.39, 0.29) is 0 Å². The molecule has 0 unspecified atom stereocenters. The Morgan fingerprint density at radius 2 is 2.05 bits per heavy atom. The molecule has 0 saturated heterocycles. The fraction of sp³-hybridized carbons (Fsp3) is 0.400. The highest BCUT2D eigenvalue weighted by molar-refractivity contribution is 5.72. The van der Waals surface area contributed by atoms with Crippen molar-refractivity contribution in [3.8, 4) is 11.5 Å². The zero-order valence-electron chi connectivity index (χ0n) is 9.87. The maximum atomic E-state index is 12.5. The Bertz CT molecular complexity index is 503. The summed E-state index contributed by atoms with van der Waals surface area (Å²) in [6.07, 6.45) is -9.18. The van der Waals surface area contributed by atoms with Gasteiger partial charge in [0.05, 0.1) is 19.2 Å². The summed E-state index contributed by atoms with van der Waals surface area (Å²) < 4.78 is 69.1. The number of hydrogen-bond acceptors (Lipinski definition) is 5. The Balaban J connectivity index is 3.26. The largest absolute Gasteiger partial charge is 0.573 e. The molecule has 10 heteroatoms. The number of esters is 1. The Labute approximate surface area is 108 Å². The average molecular weight is 301 g/mol. The minimum Gasteiger partial charge on any atom is -0.506 e. The number of carbonyl (C=O) groups is 1. The van der Waals surface area contributed by atoms with Gasteiger partial charge in [0, 0.05) is 6.07 Å². The van der Waals surface area contributed by atoms with Crippen LogP contribution in [0.5, 0.6) is 11.5 Å². The topological polar surface area (TPSA) is 68.7 Å². The summed E-state index contributed by atoms with van der Waals surface area (Å²) in [6.45, 7) is 0. The van der Waals surface area contributed by atoms with Gasteiger partial charge >= 0.3 is 12.3 Å². The lowest BCUT2D eigenvalue weighted by molar-refractivity contribution is -0.275. The first-order valence-corrected chi connectivity index (χ1v) is 4.97. The number of nitrogens with zero attached hydrogens (tertiary/aromatic N) is 1. The second-order valence-electron chi connectivity index (χ2n) is 3.44. The molecule has 0 aromatic carbocycles. The van der Waals surface area contributed by atoms with Gasteiger partial charge in [-0.1, -0.05) is 0 Å². The molecule has 0 aliphatic rings. The maximum Gasteiger partial charge on any atom is 0.573 e. The van der Waals surface area contributed by atoms with Crippen LogP contribution in [0.15, 0.2) is 6.07 Å². The third kappa shape index (κ3) is 4.21. The van der Waals surface area contributed by atoms with Crippen molar-refractivity contribution in [2.45, 2.75) is 19.2 Å². The molecular weight excluding hydrogens is 293 g/mol. The maximum absolute atomic E-state index is 12.5. The number of rotatable bonds is 4. The van der Waals surface area contributed by atoms with Crippen LogP contribution >= 0.6 is 0 Å². The highest BCUT2D eigenvalue weighted by Crippen LogP contribution is 2.34. The molecule has 1 aromatic rings. The van der Waals surface area contributed by atoms with E-state index in [0.29, 0.717) is 6.07 Å². The molecular formula is C10H8F5NO4. The molecule has 0 aliphatic carbocycles. The lowest BCUT2D eigenvalue weighted by Gasteiger charge is -2.14. The number of aromatic hydroxyl groups is 1. The zero-order valence-corrected chi connectivity index (χ0v) is 9.87. The van der Waals surface area contributed by atoms with E-state index in [1.165, 1.54) is 0 Å². The number of alkyl halides is 5. The predicted molar refractivity (Wildman–Crippen MR) is 53.3 cm³/mol. The van der Waals surface area contributed by atoms with Crippen LogP contribution in [0, 0.1) is 0 Å². The summed E-state index contributed by atoms with van der Waals surface area (Å²) in [5.74, 6) is -3.23. The lowest BCUT2D eigenvalue weighted by atomic mass is 10.2. The molecule has 20 heavy (non-hydrogen) atoms. The average Bonchev–Trinajstić information content (AvgIpc) is 2.29. The quantitative estimate of drug-likeness (QED) is 0.683. The highest BCUT2D eigenvalue weighted by atomic mass is 19.4. The number of aromatic nitrogens is 1. The lowest BCUT2D eigenvalue weighted by Crippen LogP contribution is -2.20. The summed E-state index contributed by atoms with van der Waals surface area (Å²) in [6, 6.07) is 0.320. The van der Waals surface area contributed by atoms with E-state index in [2.05, 4.69) is 14.5 Å². The van der Waals surface area contributed by atoms with Crippen LogP contribution in [0.3, 0.4) is 0 Å². The van der Waals surface area contributed by atoms with Crippen molar-refractivity contribution >= 4 is 5.97 Å². The van der Waals surface area contributed by atoms with Crippen LogP contribution < -0.4 is 4.74 Å². The van der Waals surface area contributed by atoms with Crippen LogP contribution in [0.1, 0.15) is 17.8 Å². The Hall–Kier alpha value is -2.13. The third-order valence-corrected chi connectivity index (χ3v) is 2.04. The minimum absolute atomic E-state index is 0.320. The molecule has 0 atom stereocenters. The first kappa shape index (κ1) is 15.9. The molecule has 1 N–H and O–H groups in total. The molecule has 1 heterocycles. The van der Waals surface area contributed by atoms with Gasteiger partial charge in [0.1, 0.15) is 11.4 Å². The molecule has 0 fully saturated rings. The molecule has 0 saturated carbocycles. The Morgan fingerprint density at radius 3 is 2.50 bits per heavy atom. The Morgan fingerprint density at radius 1 is 1.45 bits per heavy atom. The van der Waals surface area contributed by atoms with Crippen molar-refractivity contribution < 1.29 is 41.3 Å². The molecule has 0 spiro atoms. The van der Waals surface area contributed by atoms with E-state index < -0.39 is 48.1 Å². The van der Waals surface area contributed by atoms with Crippen LogP contribution in [0.2, 0.25) is 0 Å². The molecule has 1 rings (SSSR count). The van der Waals surface area contributed by atoms with Gasteiger partial charge in [0.25, 0.3) is 6.43 Å². The van der Waals surface area contributed by atoms with Gasteiger partial charge in [0.15, 0.2) is 5.75 Å². The van der Waals surface area contributed by atoms with Gasteiger partial charge < -0.3 is 14.6 Å². The van der Waals surface area contributed by atoms with Crippen LogP contribution in [0.4, 0.5) is 22.0 Å². The van der Waals surface area contributed by atoms with E-state index >= 15 is 0 Å². The number of carbonyl (C=O) groups excluding carboxylic acids is 1. The summed E-state index contributed by atoms with van der Waals surface area (Å²) in [7, 11) is 0.959. The summed E-state index contributed by atoms with van der Waals surface area (Å²) >= 11 is 0. The zero-order chi connectivity index (χ0) is 15.5. The Kier molecular flexibility index (Phi) is 4.69. The number of halogens is 5. The van der Waals surface area contributed by atoms with Crippen molar-refractivity contribution in [1.29, 1.82) is 0 Å². The van der Waals surface area contributed by atoms with Crippen LogP contribution in [0.25, 0.3) is 0 Å². The first-order valence-electron chi connectivity index (χ1n) is 4.97. The molecule has 0 radical (unpaired) electrons. The van der Waals surface area contributed by atoms with Gasteiger partial charge in [-0.05, 0) is 0 Å². The smallest absolute Gasteiger partial charge is 0.506 e. The van der Waals surface area contributed by atoms with E-state index in [1.807, 2.05) is 0 Å².